The average molecular weight is 502 g/mol. The molecule has 0 atom stereocenters. The smallest absolute Gasteiger partial charge is 0.203 e. The highest BCUT2D eigenvalue weighted by Crippen LogP contribution is 2.35. The third-order valence-corrected chi connectivity index (χ3v) is 9.78. The van der Waals surface area contributed by atoms with Gasteiger partial charge in [0.25, 0.3) is 0 Å². The molecule has 10 heteroatoms. The molecule has 1 aliphatic heterocycles. The minimum Gasteiger partial charge on any atom is -0.399 e. The van der Waals surface area contributed by atoms with Gasteiger partial charge < -0.3 is 4.84 Å². The van der Waals surface area contributed by atoms with Crippen molar-refractivity contribution in [2.24, 2.45) is 5.16 Å². The van der Waals surface area contributed by atoms with E-state index in [2.05, 4.69) is 5.16 Å². The van der Waals surface area contributed by atoms with E-state index in [1.54, 1.807) is 25.1 Å². The lowest BCUT2D eigenvalue weighted by molar-refractivity contribution is -0.115. The van der Waals surface area contributed by atoms with Crippen LogP contribution in [0.15, 0.2) is 67.9 Å². The molecule has 1 heterocycles. The van der Waals surface area contributed by atoms with Gasteiger partial charge in [-0.15, -0.1) is 0 Å². The average Bonchev–Trinajstić information content (AvgIpc) is 2.81. The second kappa shape index (κ2) is 8.92. The molecule has 0 spiro atoms. The Labute approximate surface area is 198 Å². The molecular weight excluding hydrogens is 478 g/mol. The first kappa shape index (κ1) is 24.0. The van der Waals surface area contributed by atoms with E-state index in [0.29, 0.717) is 17.7 Å². The Morgan fingerprint density at radius 3 is 2.41 bits per heavy atom. The number of hydrogen-bond donors (Lipinski definition) is 0. The Bertz CT molecular complexity index is 1470. The lowest BCUT2D eigenvalue weighted by Gasteiger charge is -2.23. The molecule has 2 aliphatic rings. The lowest BCUT2D eigenvalue weighted by atomic mass is 9.88. The van der Waals surface area contributed by atoms with Crippen LogP contribution in [0, 0.1) is 6.92 Å². The number of rotatable bonds is 5. The summed E-state index contributed by atoms with van der Waals surface area (Å²) >= 11 is 0. The van der Waals surface area contributed by atoms with Gasteiger partial charge in [0.2, 0.25) is 9.84 Å². The third kappa shape index (κ3) is 4.01. The molecule has 0 amide bonds. The maximum absolute atomic E-state index is 13.7. The largest absolute Gasteiger partial charge is 0.399 e. The van der Waals surface area contributed by atoms with Gasteiger partial charge in [-0.25, -0.2) is 16.8 Å². The highest BCUT2D eigenvalue weighted by Gasteiger charge is 2.37. The molecule has 0 unspecified atom stereocenters. The number of benzene rings is 2. The quantitative estimate of drug-likeness (QED) is 0.350. The first-order chi connectivity index (χ1) is 16.1. The summed E-state index contributed by atoms with van der Waals surface area (Å²) in [6.07, 6.45) is 0.558. The maximum Gasteiger partial charge on any atom is 0.203 e. The monoisotopic (exact) mass is 501 g/mol. The molecule has 0 bridgehead atoms. The van der Waals surface area contributed by atoms with Crippen LogP contribution in [0.5, 0.6) is 0 Å². The number of sulfone groups is 2. The van der Waals surface area contributed by atoms with E-state index in [4.69, 9.17) is 4.84 Å². The molecule has 34 heavy (non-hydrogen) atoms. The zero-order valence-electron chi connectivity index (χ0n) is 18.7. The number of ketones is 2. The molecule has 4 rings (SSSR count). The zero-order valence-corrected chi connectivity index (χ0v) is 20.3. The topological polar surface area (TPSA) is 124 Å². The van der Waals surface area contributed by atoms with Crippen LogP contribution in [0.1, 0.15) is 47.2 Å². The summed E-state index contributed by atoms with van der Waals surface area (Å²) in [6, 6.07) is 10.3. The molecule has 0 aromatic heterocycles. The van der Waals surface area contributed by atoms with Gasteiger partial charge in [-0.3, -0.25) is 9.59 Å². The molecule has 0 saturated carbocycles. The van der Waals surface area contributed by atoms with E-state index in [1.807, 2.05) is 0 Å². The van der Waals surface area contributed by atoms with Crippen molar-refractivity contribution in [2.45, 2.75) is 42.4 Å². The Morgan fingerprint density at radius 1 is 1.03 bits per heavy atom. The van der Waals surface area contributed by atoms with Crippen molar-refractivity contribution in [3.05, 3.63) is 69.6 Å². The number of carbonyl (C=O) groups excluding carboxylic acids is 2. The Hall–Kier alpha value is -3.11. The van der Waals surface area contributed by atoms with Crippen LogP contribution in [0.3, 0.4) is 0 Å². The van der Waals surface area contributed by atoms with Gasteiger partial charge >= 0.3 is 0 Å². The van der Waals surface area contributed by atoms with Crippen molar-refractivity contribution in [3.8, 4) is 0 Å². The minimum atomic E-state index is -4.07. The standard InChI is InChI=1S/C24H23NO7S2/c1-15-17(11-12-20-22(15)18(25-32-2)13-14-33(20,28)29)24(27)23-19(26)9-6-10-21(23)34(30,31)16-7-4-3-5-8-16/h3-5,7-8,11-12H,6,9-10,13-14H2,1-2H3. The fourth-order valence-corrected chi connectivity index (χ4v) is 7.66. The van der Waals surface area contributed by atoms with Gasteiger partial charge in [0, 0.05) is 24.0 Å². The van der Waals surface area contributed by atoms with Gasteiger partial charge in [0.05, 0.1) is 31.7 Å². The highest BCUT2D eigenvalue weighted by atomic mass is 32.2. The SMILES string of the molecule is CON=C1CCS(=O)(=O)c2ccc(C(=O)C3=C(S(=O)(=O)c4ccccc4)CCCC3=O)c(C)c21. The summed E-state index contributed by atoms with van der Waals surface area (Å²) in [5.41, 5.74) is 0.646. The number of carbonyl (C=O) groups is 2. The Balaban J connectivity index is 1.93. The van der Waals surface area contributed by atoms with Crippen LogP contribution in [0.2, 0.25) is 0 Å². The van der Waals surface area contributed by atoms with Gasteiger partial charge in [-0.1, -0.05) is 23.4 Å². The number of fused-ring (bicyclic) bond motifs is 1. The lowest BCUT2D eigenvalue weighted by Crippen LogP contribution is -2.27. The summed E-state index contributed by atoms with van der Waals surface area (Å²) in [7, 11) is -6.31. The van der Waals surface area contributed by atoms with Crippen LogP contribution < -0.4 is 0 Å². The molecule has 1 aliphatic carbocycles. The van der Waals surface area contributed by atoms with Crippen molar-refractivity contribution < 1.29 is 31.3 Å². The molecule has 8 nitrogen and oxygen atoms in total. The van der Waals surface area contributed by atoms with Crippen molar-refractivity contribution in [1.82, 2.24) is 0 Å². The number of Topliss-reactive ketones (excluding diaryl/α,β-unsaturated/α-hetero) is 2. The third-order valence-electron chi connectivity index (χ3n) is 6.07. The van der Waals surface area contributed by atoms with E-state index >= 15 is 0 Å². The molecular formula is C24H23NO7S2. The molecule has 178 valence electrons. The Morgan fingerprint density at radius 2 is 1.74 bits per heavy atom. The van der Waals surface area contributed by atoms with Crippen molar-refractivity contribution in [2.75, 3.05) is 12.9 Å². The van der Waals surface area contributed by atoms with Crippen LogP contribution in [-0.4, -0.2) is 47.0 Å². The predicted octanol–water partition coefficient (Wildman–Crippen LogP) is 3.19. The van der Waals surface area contributed by atoms with E-state index in [0.717, 1.165) is 0 Å². The normalized spacial score (nSPS) is 19.1. The summed E-state index contributed by atoms with van der Waals surface area (Å²) < 4.78 is 51.9. The van der Waals surface area contributed by atoms with Crippen molar-refractivity contribution in [1.29, 1.82) is 0 Å². The van der Waals surface area contributed by atoms with Gasteiger partial charge in [-0.05, 0) is 49.6 Å². The fourth-order valence-electron chi connectivity index (χ4n) is 4.43. The second-order valence-electron chi connectivity index (χ2n) is 8.12. The first-order valence-corrected chi connectivity index (χ1v) is 13.8. The van der Waals surface area contributed by atoms with Gasteiger partial charge in [0.1, 0.15) is 7.11 Å². The second-order valence-corrected chi connectivity index (χ2v) is 12.2. The molecule has 2 aromatic carbocycles. The first-order valence-electron chi connectivity index (χ1n) is 10.7. The van der Waals surface area contributed by atoms with Crippen LogP contribution in [0.4, 0.5) is 0 Å². The van der Waals surface area contributed by atoms with Crippen LogP contribution >= 0.6 is 0 Å². The molecule has 0 radical (unpaired) electrons. The van der Waals surface area contributed by atoms with E-state index in [-0.39, 0.29) is 56.4 Å². The maximum atomic E-state index is 13.7. The van der Waals surface area contributed by atoms with Gasteiger partial charge in [0.15, 0.2) is 21.4 Å². The summed E-state index contributed by atoms with van der Waals surface area (Å²) in [5.74, 6) is -1.42. The predicted molar refractivity (Wildman–Crippen MR) is 125 cm³/mol. The summed E-state index contributed by atoms with van der Waals surface area (Å²) in [4.78, 5) is 31.3. The number of allylic oxidation sites excluding steroid dienone is 2. The molecule has 0 fully saturated rings. The molecule has 2 aromatic rings. The Kier molecular flexibility index (Phi) is 6.30. The van der Waals surface area contributed by atoms with Crippen molar-refractivity contribution in [3.63, 3.8) is 0 Å². The van der Waals surface area contributed by atoms with Crippen LogP contribution in [-0.2, 0) is 29.3 Å². The van der Waals surface area contributed by atoms with Crippen LogP contribution in [0.25, 0.3) is 0 Å². The van der Waals surface area contributed by atoms with E-state index in [9.17, 15) is 26.4 Å². The summed E-state index contributed by atoms with van der Waals surface area (Å²) in [5, 5.41) is 3.94. The number of nitrogens with zero attached hydrogens (tertiary/aromatic N) is 1. The van der Waals surface area contributed by atoms with E-state index < -0.39 is 31.2 Å². The highest BCUT2D eigenvalue weighted by molar-refractivity contribution is 7.95. The zero-order chi connectivity index (χ0) is 24.7. The molecule has 0 saturated heterocycles. The minimum absolute atomic E-state index is 0.00719. The van der Waals surface area contributed by atoms with E-state index in [1.165, 1.54) is 31.4 Å². The number of hydrogen-bond acceptors (Lipinski definition) is 8. The van der Waals surface area contributed by atoms with Gasteiger partial charge in [-0.2, -0.15) is 0 Å². The fraction of sp³-hybridized carbons (Fsp3) is 0.292. The van der Waals surface area contributed by atoms with Crippen molar-refractivity contribution >= 4 is 37.0 Å². The summed E-state index contributed by atoms with van der Waals surface area (Å²) in [6.45, 7) is 1.57. The molecule has 0 N–H and O–H groups in total. The number of oxime groups is 1.